The van der Waals surface area contributed by atoms with Crippen molar-refractivity contribution in [1.29, 1.82) is 0 Å². The molecule has 12 rings (SSSR count). The van der Waals surface area contributed by atoms with Gasteiger partial charge in [-0.15, -0.1) is 40.9 Å². The fourth-order valence-electron chi connectivity index (χ4n) is 11.6. The maximum absolute atomic E-state index is 10.6. The number of rotatable bonds is 36. The van der Waals surface area contributed by atoms with Gasteiger partial charge in [0.1, 0.15) is 109 Å². The molecule has 32 nitrogen and oxygen atoms in total. The number of benzene rings is 12. The monoisotopic (exact) mass is 1850 g/mol. The van der Waals surface area contributed by atoms with Crippen LogP contribution in [0.15, 0.2) is 324 Å². The second-order valence-corrected chi connectivity index (χ2v) is 29.1. The molecule has 0 atom stereocenters. The smallest absolute Gasteiger partial charge is 0.145 e. The van der Waals surface area contributed by atoms with Gasteiger partial charge in [-0.2, -0.15) is 40.9 Å². The average Bonchev–Trinajstić information content (AvgIpc) is 0.865. The molecule has 0 aliphatic rings. The van der Waals surface area contributed by atoms with E-state index in [2.05, 4.69) is 119 Å². The average molecular weight is 1850 g/mol. The van der Waals surface area contributed by atoms with Crippen molar-refractivity contribution in [2.45, 2.75) is 85.7 Å². The van der Waals surface area contributed by atoms with Gasteiger partial charge in [0.2, 0.25) is 0 Å². The molecule has 0 saturated heterocycles. The molecule has 9 N–H and O–H groups in total. The van der Waals surface area contributed by atoms with Gasteiger partial charge in [-0.1, -0.05) is 65.5 Å². The number of ether oxygens (including phenoxy) is 3. The first-order valence-electron chi connectivity index (χ1n) is 41.4. The zero-order valence-corrected chi connectivity index (χ0v) is 76.2. The zero-order chi connectivity index (χ0) is 91.7. The quantitative estimate of drug-likeness (QED) is 0.0165. The summed E-state index contributed by atoms with van der Waals surface area (Å²) in [5.74, 6) is 2.07. The van der Waals surface area contributed by atoms with E-state index in [1.807, 2.05) is 56.2 Å². The van der Waals surface area contributed by atoms with E-state index in [0.717, 1.165) is 123 Å². The molecule has 682 valence electrons. The molecule has 0 heterocycles. The largest absolute Gasteiger partial charge is 0.506 e. The molecule has 2 radical (unpaired) electrons. The Hall–Kier alpha value is -14.6. The Balaban J connectivity index is 0.000000237. The van der Waals surface area contributed by atoms with E-state index in [-0.39, 0.29) is 115 Å². The van der Waals surface area contributed by atoms with Gasteiger partial charge >= 0.3 is 0 Å². The number of methoxy groups -OCH3 is 3. The molecule has 0 aliphatic heterocycles. The Kier molecular flexibility index (Phi) is 42.4. The van der Waals surface area contributed by atoms with Crippen molar-refractivity contribution in [2.75, 3.05) is 95.3 Å². The third-order valence-corrected chi connectivity index (χ3v) is 19.1. The first kappa shape index (κ1) is 102. The van der Waals surface area contributed by atoms with E-state index >= 15 is 0 Å². The predicted octanol–water partition coefficient (Wildman–Crippen LogP) is 28.2. The number of unbranched alkanes of at least 4 members (excludes halogenated alkanes) is 4. The van der Waals surface area contributed by atoms with Crippen molar-refractivity contribution in [2.24, 2.45) is 81.8 Å². The van der Waals surface area contributed by atoms with Crippen LogP contribution in [0.5, 0.6) is 63.2 Å². The van der Waals surface area contributed by atoms with Crippen LogP contribution in [0.2, 0.25) is 0 Å². The van der Waals surface area contributed by atoms with Crippen LogP contribution in [0.1, 0.15) is 84.6 Å². The van der Waals surface area contributed by atoms with Crippen molar-refractivity contribution >= 4 is 114 Å². The zero-order valence-electron chi connectivity index (χ0n) is 74.1. The molecular weight excluding hydrogens is 1740 g/mol. The number of phenolic OH excluding ortho intramolecular Hbond substituents is 8. The van der Waals surface area contributed by atoms with E-state index in [1.165, 1.54) is 30.3 Å². The molecule has 0 spiro atoms. The molecule has 0 aromatic heterocycles. The first-order valence-corrected chi connectivity index (χ1v) is 41.4. The molecule has 12 aromatic carbocycles. The van der Waals surface area contributed by atoms with Gasteiger partial charge in [0.25, 0.3) is 0 Å². The summed E-state index contributed by atoms with van der Waals surface area (Å²) in [5.41, 5.74) is 11.1. The predicted molar refractivity (Wildman–Crippen MR) is 502 cm³/mol. The summed E-state index contributed by atoms with van der Waals surface area (Å²) in [6, 6.07) is 68.0. The van der Waals surface area contributed by atoms with Crippen LogP contribution in [0.3, 0.4) is 0 Å². The summed E-state index contributed by atoms with van der Waals surface area (Å²) in [6.45, 7) is 12.4. The number of azo groups is 8. The maximum Gasteiger partial charge on any atom is 0.145 e. The third kappa shape index (κ3) is 32.7. The van der Waals surface area contributed by atoms with Crippen LogP contribution in [0, 0.1) is 0 Å². The summed E-state index contributed by atoms with van der Waals surface area (Å²) in [4.78, 5) is 8.30. The summed E-state index contributed by atoms with van der Waals surface area (Å²) in [7, 11) is 12.3. The van der Waals surface area contributed by atoms with Crippen LogP contribution in [0.4, 0.5) is 114 Å². The second-order valence-electron chi connectivity index (χ2n) is 29.1. The molecule has 12 aromatic rings. The number of aliphatic hydroxyl groups excluding tert-OH is 1. The summed E-state index contributed by atoms with van der Waals surface area (Å²) >= 11 is 0. The number of aliphatic hydroxyl groups is 1. The number of phenols is 8. The number of hydrogen-bond acceptors (Lipinski definition) is 32. The van der Waals surface area contributed by atoms with E-state index < -0.39 is 0 Å². The number of aromatic hydroxyl groups is 8. The first-order chi connectivity index (χ1) is 62.0. The molecule has 130 heavy (non-hydrogen) atoms. The van der Waals surface area contributed by atoms with Gasteiger partial charge in [0.05, 0.1) is 73.4 Å². The Morgan fingerprint density at radius 3 is 0.654 bits per heavy atom. The molecule has 0 fully saturated rings. The molecule has 0 aliphatic carbocycles. The van der Waals surface area contributed by atoms with Crippen molar-refractivity contribution < 1.29 is 93.7 Å². The van der Waals surface area contributed by atoms with Gasteiger partial charge < -0.3 is 79.8 Å². The van der Waals surface area contributed by atoms with Gasteiger partial charge in [-0.05, 0) is 238 Å². The topological polar surface area (TPSA) is 420 Å². The number of nitrogens with zero attached hydrogens (tertiary/aromatic N) is 20. The van der Waals surface area contributed by atoms with Crippen LogP contribution in [-0.2, 0) is 40.2 Å². The molecule has 34 heteroatoms. The summed E-state index contributed by atoms with van der Waals surface area (Å²) in [5, 5.41) is 157. The van der Waals surface area contributed by atoms with Gasteiger partial charge in [-0.25, -0.2) is 0 Å². The Morgan fingerprint density at radius 2 is 0.438 bits per heavy atom. The van der Waals surface area contributed by atoms with Crippen LogP contribution >= 0.6 is 0 Å². The number of hydrogen-bond donors (Lipinski definition) is 9. The van der Waals surface area contributed by atoms with Crippen molar-refractivity contribution in [3.8, 4) is 63.2 Å². The molecule has 0 bridgehead atoms. The molecule has 0 saturated carbocycles. The van der Waals surface area contributed by atoms with E-state index in [9.17, 15) is 40.9 Å². The Labute approximate surface area is 777 Å². The van der Waals surface area contributed by atoms with E-state index in [1.54, 1.807) is 215 Å². The van der Waals surface area contributed by atoms with Crippen LogP contribution in [-0.4, -0.2) is 122 Å². The van der Waals surface area contributed by atoms with Crippen molar-refractivity contribution in [3.63, 3.8) is 0 Å². The van der Waals surface area contributed by atoms with E-state index in [4.69, 9.17) is 19.3 Å². The minimum atomic E-state index is -0.0654. The Morgan fingerprint density at radius 1 is 0.231 bits per heavy atom. The molecule has 0 unspecified atom stereocenters. The Bertz CT molecular complexity index is 5440. The van der Waals surface area contributed by atoms with Gasteiger partial charge in [0, 0.05) is 135 Å². The van der Waals surface area contributed by atoms with Crippen molar-refractivity contribution in [3.05, 3.63) is 248 Å². The van der Waals surface area contributed by atoms with Crippen LogP contribution < -0.4 is 33.8 Å². The maximum atomic E-state index is 10.6. The standard InChI is InChI=1S/2C27H33N5O3.2C21H21N5O3.2Co/c2*1-4-6-16-32(17-7-5-2)22-11-14-24(27(34)19-22)30-31-25-18-21(10-15-26(25)33)29-28-20-8-12-23(35-3)13-9-20;1-26(2)16-7-10-18(21(28)13-16)24-25-19-12-15(6-11-20(19)27)23-22-14-4-8-17(29-3)9-5-14;1-26(2)17-8-9-18(21(29)12-17)24-25-19-11-16(7-10-20(19)28)23-22-15-5-3-14(13-27)4-6-15;;/h2*8-15,18-19,33-34H,4-7,16-17H2,1-3H3;4-13,27-28H,1-3H3;3-12,27-29H,13H2,1-2H3;;. The summed E-state index contributed by atoms with van der Waals surface area (Å²) in [6.07, 6.45) is 8.84. The van der Waals surface area contributed by atoms with Gasteiger partial charge in [0.15, 0.2) is 0 Å². The molecule has 0 amide bonds. The fraction of sp³-hybridized carbons (Fsp3) is 0.250. The third-order valence-electron chi connectivity index (χ3n) is 19.1. The van der Waals surface area contributed by atoms with Crippen LogP contribution in [0.25, 0.3) is 0 Å². The number of anilines is 4. The fourth-order valence-corrected chi connectivity index (χ4v) is 11.6. The van der Waals surface area contributed by atoms with E-state index in [0.29, 0.717) is 62.6 Å². The van der Waals surface area contributed by atoms with Gasteiger partial charge in [-0.3, -0.25) is 0 Å². The van der Waals surface area contributed by atoms with Crippen molar-refractivity contribution in [1.82, 2.24) is 0 Å². The minimum absolute atomic E-state index is 0. The minimum Gasteiger partial charge on any atom is -0.506 e. The molecular formula is C96H108Co2N20O12. The summed E-state index contributed by atoms with van der Waals surface area (Å²) < 4.78 is 15.4. The SMILES string of the molecule is CCCCN(CCCC)c1ccc(N=Nc2cc(N=Nc3ccc(OC)cc3)ccc2O)c(O)c1.CCCCN(CCCC)c1ccc(N=Nc2cc(N=Nc3ccc(OC)cc3)ccc2O)c(O)c1.CN(C)c1ccc(N=Nc2cc(N=Nc3ccc(CO)cc3)ccc2O)c(O)c1.COc1ccc(N=Nc2ccc(O)c(N=Nc3ccc(N(C)C)cc3O)c2)cc1.[Co].[Co]. The normalized spacial score (nSPS) is 11.2. The second kappa shape index (κ2) is 53.8.